The van der Waals surface area contributed by atoms with Gasteiger partial charge in [0.25, 0.3) is 0 Å². The minimum absolute atomic E-state index is 0.0731. The van der Waals surface area contributed by atoms with Gasteiger partial charge in [-0.15, -0.1) is 0 Å². The number of hydrogen-bond acceptors (Lipinski definition) is 3. The molecule has 1 aromatic carbocycles. The van der Waals surface area contributed by atoms with Gasteiger partial charge in [-0.2, -0.15) is 5.10 Å². The van der Waals surface area contributed by atoms with Gasteiger partial charge in [0.05, 0.1) is 18.3 Å². The number of pyridine rings is 1. The molecule has 3 heterocycles. The summed E-state index contributed by atoms with van der Waals surface area (Å²) < 4.78 is 16.7. The van der Waals surface area contributed by atoms with Gasteiger partial charge < -0.3 is 4.90 Å². The molecule has 0 fully saturated rings. The summed E-state index contributed by atoms with van der Waals surface area (Å²) in [4.78, 5) is 18.4. The van der Waals surface area contributed by atoms with Crippen LogP contribution in [0.4, 0.5) is 4.39 Å². The molecule has 7 heteroatoms. The third-order valence-corrected chi connectivity index (χ3v) is 5.54. The fourth-order valence-corrected chi connectivity index (χ4v) is 4.24. The molecule has 0 aliphatic carbocycles. The van der Waals surface area contributed by atoms with E-state index in [-0.39, 0.29) is 18.0 Å². The fourth-order valence-electron chi connectivity index (χ4n) is 4.08. The van der Waals surface area contributed by atoms with Gasteiger partial charge in [-0.05, 0) is 55.8 Å². The van der Waals surface area contributed by atoms with E-state index in [4.69, 9.17) is 16.7 Å². The highest BCUT2D eigenvalue weighted by atomic mass is 35.5. The van der Waals surface area contributed by atoms with Crippen molar-refractivity contribution in [3.05, 3.63) is 71.9 Å². The van der Waals surface area contributed by atoms with Gasteiger partial charge in [-0.3, -0.25) is 14.5 Å². The number of benzene rings is 1. The maximum Gasteiger partial charge on any atom is 0.246 e. The van der Waals surface area contributed by atoms with Crippen molar-refractivity contribution >= 4 is 17.5 Å². The number of amides is 1. The number of nitrogens with zero attached hydrogens (tertiary/aromatic N) is 4. The van der Waals surface area contributed by atoms with Crippen LogP contribution in [0.5, 0.6) is 0 Å². The van der Waals surface area contributed by atoms with Gasteiger partial charge in [-0.1, -0.05) is 18.2 Å². The number of carbonyl (C=O) groups is 1. The predicted octanol–water partition coefficient (Wildman–Crippen LogP) is 4.88. The summed E-state index contributed by atoms with van der Waals surface area (Å²) in [7, 11) is 0. The van der Waals surface area contributed by atoms with Gasteiger partial charge in [0.1, 0.15) is 11.5 Å². The van der Waals surface area contributed by atoms with E-state index < -0.39 is 5.82 Å². The lowest BCUT2D eigenvalue weighted by Gasteiger charge is -2.39. The lowest BCUT2D eigenvalue weighted by atomic mass is 9.94. The summed E-state index contributed by atoms with van der Waals surface area (Å²) in [6.45, 7) is 8.06. The van der Waals surface area contributed by atoms with Crippen LogP contribution < -0.4 is 0 Å². The molecule has 4 rings (SSSR count). The van der Waals surface area contributed by atoms with Crippen molar-refractivity contribution < 1.29 is 9.18 Å². The van der Waals surface area contributed by atoms with Crippen molar-refractivity contribution in [3.63, 3.8) is 0 Å². The molecular weight excluding hydrogens is 391 g/mol. The predicted molar refractivity (Wildman–Crippen MR) is 111 cm³/mol. The molecule has 5 nitrogen and oxygen atoms in total. The fraction of sp³-hybridized carbons (Fsp3) is 0.227. The molecule has 2 aromatic heterocycles. The van der Waals surface area contributed by atoms with Gasteiger partial charge >= 0.3 is 0 Å². The van der Waals surface area contributed by atoms with Crippen LogP contribution in [0.3, 0.4) is 0 Å². The standard InChI is InChI=1S/C22H20ClFN4O/c1-4-19(29)28-13(2)12-27-22(14(28)3)20(15-7-9-25-10-8-15)21(26-27)17-6-5-16(23)11-18(17)24/h4-11,13-14H,1,12H2,2-3H3/t13-,14?/m0/s1. The summed E-state index contributed by atoms with van der Waals surface area (Å²) >= 11 is 5.95. The Morgan fingerprint density at radius 2 is 2.00 bits per heavy atom. The number of aromatic nitrogens is 3. The van der Waals surface area contributed by atoms with Crippen LogP contribution in [0, 0.1) is 5.82 Å². The SMILES string of the molecule is C=CC(=O)N1C(C)c2c(-c3ccncc3)c(-c3ccc(Cl)cc3F)nn2C[C@@H]1C. The Bertz CT molecular complexity index is 1100. The topological polar surface area (TPSA) is 51.0 Å². The molecule has 0 saturated carbocycles. The van der Waals surface area contributed by atoms with Crippen molar-refractivity contribution in [1.82, 2.24) is 19.7 Å². The highest BCUT2D eigenvalue weighted by Crippen LogP contribution is 2.42. The lowest BCUT2D eigenvalue weighted by molar-refractivity contribution is -0.131. The van der Waals surface area contributed by atoms with E-state index >= 15 is 0 Å². The van der Waals surface area contributed by atoms with Crippen LogP contribution in [0.1, 0.15) is 25.6 Å². The van der Waals surface area contributed by atoms with E-state index in [1.165, 1.54) is 12.1 Å². The summed E-state index contributed by atoms with van der Waals surface area (Å²) in [5, 5.41) is 5.08. The number of rotatable bonds is 3. The van der Waals surface area contributed by atoms with Gasteiger partial charge in [-0.25, -0.2) is 4.39 Å². The van der Waals surface area contributed by atoms with Crippen molar-refractivity contribution in [2.75, 3.05) is 0 Å². The van der Waals surface area contributed by atoms with E-state index in [9.17, 15) is 9.18 Å². The first-order chi connectivity index (χ1) is 13.9. The Hall–Kier alpha value is -2.99. The molecule has 1 aliphatic rings. The molecule has 1 amide bonds. The Kier molecular flexibility index (Phi) is 4.96. The first kappa shape index (κ1) is 19.3. The summed E-state index contributed by atoms with van der Waals surface area (Å²) in [5.41, 5.74) is 3.39. The smallest absolute Gasteiger partial charge is 0.246 e. The molecule has 1 unspecified atom stereocenters. The second-order valence-electron chi connectivity index (χ2n) is 7.13. The quantitative estimate of drug-likeness (QED) is 0.578. The molecule has 0 radical (unpaired) electrons. The number of carbonyl (C=O) groups excluding carboxylic acids is 1. The first-order valence-corrected chi connectivity index (χ1v) is 9.71. The second kappa shape index (κ2) is 7.44. The second-order valence-corrected chi connectivity index (χ2v) is 7.56. The van der Waals surface area contributed by atoms with E-state index in [1.54, 1.807) is 29.4 Å². The molecule has 0 N–H and O–H groups in total. The van der Waals surface area contributed by atoms with E-state index in [2.05, 4.69) is 11.6 Å². The molecule has 2 atom stereocenters. The largest absolute Gasteiger partial charge is 0.326 e. The average Bonchev–Trinajstić information content (AvgIpc) is 3.07. The zero-order valence-corrected chi connectivity index (χ0v) is 16.9. The van der Waals surface area contributed by atoms with Gasteiger partial charge in [0, 0.05) is 34.6 Å². The molecule has 0 saturated heterocycles. The average molecular weight is 411 g/mol. The summed E-state index contributed by atoms with van der Waals surface area (Å²) in [5.74, 6) is -0.583. The van der Waals surface area contributed by atoms with Crippen LogP contribution in [0.25, 0.3) is 22.4 Å². The Morgan fingerprint density at radius 1 is 1.28 bits per heavy atom. The van der Waals surface area contributed by atoms with Crippen molar-refractivity contribution in [3.8, 4) is 22.4 Å². The third kappa shape index (κ3) is 3.23. The number of fused-ring (bicyclic) bond motifs is 1. The van der Waals surface area contributed by atoms with E-state index in [0.29, 0.717) is 22.8 Å². The Labute approximate surface area is 173 Å². The maximum absolute atomic E-state index is 14.8. The monoisotopic (exact) mass is 410 g/mol. The zero-order valence-electron chi connectivity index (χ0n) is 16.1. The van der Waals surface area contributed by atoms with Gasteiger partial charge in [0.2, 0.25) is 5.91 Å². The Morgan fingerprint density at radius 3 is 2.66 bits per heavy atom. The molecular formula is C22H20ClFN4O. The van der Waals surface area contributed by atoms with Crippen LogP contribution in [-0.2, 0) is 11.3 Å². The lowest BCUT2D eigenvalue weighted by Crippen LogP contribution is -2.46. The first-order valence-electron chi connectivity index (χ1n) is 9.33. The third-order valence-electron chi connectivity index (χ3n) is 5.30. The molecule has 148 valence electrons. The van der Waals surface area contributed by atoms with Crippen LogP contribution in [0.15, 0.2) is 55.4 Å². The number of halogens is 2. The van der Waals surface area contributed by atoms with Crippen LogP contribution in [0.2, 0.25) is 5.02 Å². The molecule has 1 aliphatic heterocycles. The van der Waals surface area contributed by atoms with E-state index in [0.717, 1.165) is 16.8 Å². The number of hydrogen-bond donors (Lipinski definition) is 0. The molecule has 3 aromatic rings. The Balaban J connectivity index is 1.99. The molecule has 0 bridgehead atoms. The minimum atomic E-state index is -0.442. The van der Waals surface area contributed by atoms with Crippen molar-refractivity contribution in [2.24, 2.45) is 0 Å². The molecule has 0 spiro atoms. The van der Waals surface area contributed by atoms with Gasteiger partial charge in [0.15, 0.2) is 0 Å². The summed E-state index contributed by atoms with van der Waals surface area (Å²) in [6, 6.07) is 7.95. The molecule has 29 heavy (non-hydrogen) atoms. The minimum Gasteiger partial charge on any atom is -0.326 e. The highest BCUT2D eigenvalue weighted by molar-refractivity contribution is 6.30. The van der Waals surface area contributed by atoms with Crippen molar-refractivity contribution in [1.29, 1.82) is 0 Å². The summed E-state index contributed by atoms with van der Waals surface area (Å²) in [6.07, 6.45) is 4.69. The zero-order chi connectivity index (χ0) is 20.7. The highest BCUT2D eigenvalue weighted by Gasteiger charge is 2.36. The van der Waals surface area contributed by atoms with Crippen LogP contribution in [-0.4, -0.2) is 31.6 Å². The maximum atomic E-state index is 14.8. The van der Waals surface area contributed by atoms with Crippen molar-refractivity contribution in [2.45, 2.75) is 32.5 Å². The van der Waals surface area contributed by atoms with Crippen LogP contribution >= 0.6 is 11.6 Å². The normalized spacial score (nSPS) is 18.4. The van der Waals surface area contributed by atoms with E-state index in [1.807, 2.05) is 30.7 Å².